The molecule has 0 aliphatic carbocycles. The minimum Gasteiger partial charge on any atom is -0.462 e. The van der Waals surface area contributed by atoms with Crippen LogP contribution < -0.4 is 4.90 Å². The Labute approximate surface area is 196 Å². The molecule has 0 aromatic heterocycles. The number of esters is 2. The number of imide groups is 1. The van der Waals surface area contributed by atoms with Gasteiger partial charge in [-0.1, -0.05) is 24.3 Å². The van der Waals surface area contributed by atoms with Gasteiger partial charge in [0.2, 0.25) is 0 Å². The molecule has 0 unspecified atom stereocenters. The molecule has 0 saturated carbocycles. The first kappa shape index (κ1) is 22.9. The zero-order chi connectivity index (χ0) is 24.4. The summed E-state index contributed by atoms with van der Waals surface area (Å²) in [5.74, 6) is -1.94. The maximum absolute atomic E-state index is 13.1. The number of aryl methyl sites for hydroxylation is 2. The highest BCUT2D eigenvalue weighted by atomic mass is 16.5. The van der Waals surface area contributed by atoms with Gasteiger partial charge in [-0.25, -0.2) is 14.5 Å². The summed E-state index contributed by atoms with van der Waals surface area (Å²) in [5, 5.41) is 0. The smallest absolute Gasteiger partial charge is 0.338 e. The summed E-state index contributed by atoms with van der Waals surface area (Å²) in [6, 6.07) is 16.5. The molecule has 1 aliphatic heterocycles. The van der Waals surface area contributed by atoms with Crippen LogP contribution in [0.2, 0.25) is 0 Å². The monoisotopic (exact) mass is 457 g/mol. The van der Waals surface area contributed by atoms with Crippen molar-refractivity contribution in [3.63, 3.8) is 0 Å². The van der Waals surface area contributed by atoms with E-state index < -0.39 is 23.8 Å². The van der Waals surface area contributed by atoms with Crippen LogP contribution in [0.4, 0.5) is 5.69 Å². The quantitative estimate of drug-likeness (QED) is 0.396. The fourth-order valence-electron chi connectivity index (χ4n) is 3.73. The Morgan fingerprint density at radius 2 is 1.41 bits per heavy atom. The van der Waals surface area contributed by atoms with Crippen LogP contribution >= 0.6 is 0 Å². The van der Waals surface area contributed by atoms with Crippen molar-refractivity contribution in [2.75, 3.05) is 11.5 Å². The molecule has 1 aliphatic rings. The molecule has 0 bridgehead atoms. The van der Waals surface area contributed by atoms with E-state index in [0.29, 0.717) is 16.8 Å². The van der Waals surface area contributed by atoms with E-state index in [1.807, 2.05) is 26.0 Å². The molecule has 0 spiro atoms. The third-order valence-corrected chi connectivity index (χ3v) is 5.56. The van der Waals surface area contributed by atoms with Crippen LogP contribution in [0.15, 0.2) is 60.7 Å². The Kier molecular flexibility index (Phi) is 6.27. The minimum absolute atomic E-state index is 0.0134. The van der Waals surface area contributed by atoms with E-state index in [9.17, 15) is 19.2 Å². The lowest BCUT2D eigenvalue weighted by Gasteiger charge is -2.17. The molecule has 1 heterocycles. The standard InChI is InChI=1S/C27H23NO6/c1-4-33-26(31)19-9-7-18(8-10-19)15-34-27(32)20-11-12-21-22(14-20)25(30)28(24(21)29)23-13-16(2)5-6-17(23)3/h5-14H,4,15H2,1-3H3. The molecule has 0 N–H and O–H groups in total. The van der Waals surface area contributed by atoms with Crippen LogP contribution in [0.3, 0.4) is 0 Å². The Morgan fingerprint density at radius 1 is 0.765 bits per heavy atom. The van der Waals surface area contributed by atoms with Gasteiger partial charge in [-0.2, -0.15) is 0 Å². The molecule has 7 nitrogen and oxygen atoms in total. The van der Waals surface area contributed by atoms with Gasteiger partial charge >= 0.3 is 11.9 Å². The number of carbonyl (C=O) groups excluding carboxylic acids is 4. The lowest BCUT2D eigenvalue weighted by molar-refractivity contribution is 0.0469. The van der Waals surface area contributed by atoms with Crippen molar-refractivity contribution in [1.82, 2.24) is 0 Å². The molecule has 2 amide bonds. The number of hydrogen-bond donors (Lipinski definition) is 0. The van der Waals surface area contributed by atoms with Crippen LogP contribution in [-0.2, 0) is 16.1 Å². The first-order valence-corrected chi connectivity index (χ1v) is 10.8. The first-order valence-electron chi connectivity index (χ1n) is 10.8. The molecular weight excluding hydrogens is 434 g/mol. The average Bonchev–Trinajstić information content (AvgIpc) is 3.08. The lowest BCUT2D eigenvalue weighted by atomic mass is 10.1. The molecule has 0 saturated heterocycles. The van der Waals surface area contributed by atoms with Crippen LogP contribution in [0, 0.1) is 13.8 Å². The highest BCUT2D eigenvalue weighted by Gasteiger charge is 2.38. The fraction of sp³-hybridized carbons (Fsp3) is 0.185. The maximum atomic E-state index is 13.1. The van der Waals surface area contributed by atoms with E-state index in [1.54, 1.807) is 37.3 Å². The van der Waals surface area contributed by atoms with Crippen molar-refractivity contribution >= 4 is 29.4 Å². The van der Waals surface area contributed by atoms with E-state index in [4.69, 9.17) is 9.47 Å². The SMILES string of the molecule is CCOC(=O)c1ccc(COC(=O)c2ccc3c(c2)C(=O)N(c2cc(C)ccc2C)C3=O)cc1. The molecule has 0 atom stereocenters. The zero-order valence-corrected chi connectivity index (χ0v) is 19.1. The predicted molar refractivity (Wildman–Crippen MR) is 125 cm³/mol. The predicted octanol–water partition coefficient (Wildman–Crippen LogP) is 4.64. The normalized spacial score (nSPS) is 12.5. The van der Waals surface area contributed by atoms with E-state index in [-0.39, 0.29) is 29.9 Å². The van der Waals surface area contributed by atoms with Gasteiger partial charge in [0, 0.05) is 0 Å². The summed E-state index contributed by atoms with van der Waals surface area (Å²) in [6.07, 6.45) is 0. The summed E-state index contributed by atoms with van der Waals surface area (Å²) < 4.78 is 10.3. The highest BCUT2D eigenvalue weighted by molar-refractivity contribution is 6.35. The average molecular weight is 457 g/mol. The number of nitrogens with zero attached hydrogens (tertiary/aromatic N) is 1. The Hall–Kier alpha value is -4.26. The number of benzene rings is 3. The molecule has 3 aromatic carbocycles. The third-order valence-electron chi connectivity index (χ3n) is 5.56. The largest absolute Gasteiger partial charge is 0.462 e. The van der Waals surface area contributed by atoms with Crippen molar-refractivity contribution in [3.05, 3.63) is 99.6 Å². The van der Waals surface area contributed by atoms with Gasteiger partial charge in [0.05, 0.1) is 34.5 Å². The van der Waals surface area contributed by atoms with Gasteiger partial charge in [-0.3, -0.25) is 9.59 Å². The second-order valence-corrected chi connectivity index (χ2v) is 7.99. The number of anilines is 1. The van der Waals surface area contributed by atoms with Gasteiger partial charge in [0.15, 0.2) is 0 Å². The van der Waals surface area contributed by atoms with E-state index in [2.05, 4.69) is 0 Å². The zero-order valence-electron chi connectivity index (χ0n) is 19.1. The molecule has 7 heteroatoms. The number of rotatable bonds is 6. The third kappa shape index (κ3) is 4.32. The van der Waals surface area contributed by atoms with Crippen molar-refractivity contribution in [2.24, 2.45) is 0 Å². The van der Waals surface area contributed by atoms with E-state index in [1.165, 1.54) is 18.2 Å². The first-order chi connectivity index (χ1) is 16.3. The van der Waals surface area contributed by atoms with Crippen LogP contribution in [-0.4, -0.2) is 30.4 Å². The Morgan fingerprint density at radius 3 is 2.12 bits per heavy atom. The number of ether oxygens (including phenoxy) is 2. The van der Waals surface area contributed by atoms with Gasteiger partial charge < -0.3 is 9.47 Å². The number of fused-ring (bicyclic) bond motifs is 1. The van der Waals surface area contributed by atoms with Gasteiger partial charge in [-0.15, -0.1) is 0 Å². The summed E-state index contributed by atoms with van der Waals surface area (Å²) >= 11 is 0. The number of hydrogen-bond acceptors (Lipinski definition) is 6. The van der Waals surface area contributed by atoms with Crippen molar-refractivity contribution in [2.45, 2.75) is 27.4 Å². The van der Waals surface area contributed by atoms with Crippen LogP contribution in [0.5, 0.6) is 0 Å². The second kappa shape index (κ2) is 9.31. The summed E-state index contributed by atoms with van der Waals surface area (Å²) in [5.41, 5.74) is 3.94. The summed E-state index contributed by atoms with van der Waals surface area (Å²) in [7, 11) is 0. The van der Waals surface area contributed by atoms with Crippen molar-refractivity contribution in [3.8, 4) is 0 Å². The molecule has 172 valence electrons. The topological polar surface area (TPSA) is 90.0 Å². The molecule has 4 rings (SSSR count). The van der Waals surface area contributed by atoms with Gasteiger partial charge in [0.25, 0.3) is 11.8 Å². The van der Waals surface area contributed by atoms with Crippen molar-refractivity contribution in [1.29, 1.82) is 0 Å². The van der Waals surface area contributed by atoms with Crippen LogP contribution in [0.1, 0.15) is 65.0 Å². The molecule has 0 radical (unpaired) electrons. The van der Waals surface area contributed by atoms with Gasteiger partial charge in [0.1, 0.15) is 6.61 Å². The highest BCUT2D eigenvalue weighted by Crippen LogP contribution is 2.32. The minimum atomic E-state index is -0.622. The van der Waals surface area contributed by atoms with E-state index in [0.717, 1.165) is 16.0 Å². The van der Waals surface area contributed by atoms with Gasteiger partial charge in [-0.05, 0) is 73.9 Å². The summed E-state index contributed by atoms with van der Waals surface area (Å²) in [4.78, 5) is 51.5. The summed E-state index contributed by atoms with van der Waals surface area (Å²) in [6.45, 7) is 5.73. The Balaban J connectivity index is 1.49. The molecule has 3 aromatic rings. The molecule has 0 fully saturated rings. The van der Waals surface area contributed by atoms with E-state index >= 15 is 0 Å². The number of carbonyl (C=O) groups is 4. The maximum Gasteiger partial charge on any atom is 0.338 e. The molecular formula is C27H23NO6. The fourth-order valence-corrected chi connectivity index (χ4v) is 3.73. The second-order valence-electron chi connectivity index (χ2n) is 7.99. The number of amides is 2. The lowest BCUT2D eigenvalue weighted by Crippen LogP contribution is -2.30. The van der Waals surface area contributed by atoms with Crippen molar-refractivity contribution < 1.29 is 28.7 Å². The molecule has 34 heavy (non-hydrogen) atoms. The van der Waals surface area contributed by atoms with Crippen LogP contribution in [0.25, 0.3) is 0 Å². The Bertz CT molecular complexity index is 1310.